The van der Waals surface area contributed by atoms with Gasteiger partial charge in [0.25, 0.3) is 0 Å². The van der Waals surface area contributed by atoms with Crippen LogP contribution in [0.15, 0.2) is 96.1 Å². The molecule has 4 aromatic rings. The molecular formula is C57H60Cl2Zr-2. The Morgan fingerprint density at radius 2 is 1.18 bits per heavy atom. The Hall–Kier alpha value is -2.96. The second-order valence-corrected chi connectivity index (χ2v) is 23.7. The van der Waals surface area contributed by atoms with E-state index in [0.717, 1.165) is 34.2 Å². The average molecular weight is 907 g/mol. The summed E-state index contributed by atoms with van der Waals surface area (Å²) in [5.74, 6) is 3.82. The van der Waals surface area contributed by atoms with Gasteiger partial charge in [0.15, 0.2) is 0 Å². The Morgan fingerprint density at radius 1 is 0.667 bits per heavy atom. The molecule has 0 aromatic heterocycles. The number of allylic oxidation sites excluding steroid dienone is 8. The van der Waals surface area contributed by atoms with Crippen molar-refractivity contribution in [3.05, 3.63) is 163 Å². The summed E-state index contributed by atoms with van der Waals surface area (Å²) in [5.41, 5.74) is 20.9. The Labute approximate surface area is 381 Å². The van der Waals surface area contributed by atoms with Crippen molar-refractivity contribution in [2.24, 2.45) is 29.1 Å². The van der Waals surface area contributed by atoms with Crippen LogP contribution in [0.2, 0.25) is 10.0 Å². The molecule has 0 spiro atoms. The zero-order valence-electron chi connectivity index (χ0n) is 37.0. The van der Waals surface area contributed by atoms with E-state index in [1.807, 2.05) is 24.3 Å². The van der Waals surface area contributed by atoms with Crippen molar-refractivity contribution >= 4 is 41.8 Å². The van der Waals surface area contributed by atoms with Crippen LogP contribution in [0.25, 0.3) is 22.3 Å². The standard InChI is InChI=1S/C25H25.C18H25.2C7H5Cl.Zr/c1-14-12-24(3,4)22-8-16-7-17-9-23-19(15(2)13-25(23,5)6)11-21(17)20(16)10-18(14)22;1-12-3-13(2)17(4-12)11-18-8-14-5-15(9-18)7-16(6-14)10-18;2*1-6-2-4-7(8)5-3-6;/h8-12H,7H2,1-6H3;4,12,14-16H,5-11H2,1-2H3;2*1-5H;/q2*-1;;;. The van der Waals surface area contributed by atoms with E-state index in [9.17, 15) is 0 Å². The number of hydrogen-bond acceptors (Lipinski definition) is 0. The van der Waals surface area contributed by atoms with Crippen molar-refractivity contribution in [2.45, 2.75) is 118 Å². The molecule has 0 nitrogen and oxygen atoms in total. The summed E-state index contributed by atoms with van der Waals surface area (Å²) in [6.45, 7) is 18.2. The predicted molar refractivity (Wildman–Crippen MR) is 255 cm³/mol. The third kappa shape index (κ3) is 8.56. The van der Waals surface area contributed by atoms with E-state index < -0.39 is 22.3 Å². The number of fused-ring (bicyclic) bond motifs is 5. The number of rotatable bonds is 4. The summed E-state index contributed by atoms with van der Waals surface area (Å²) in [4.78, 5) is 0. The van der Waals surface area contributed by atoms with E-state index in [-0.39, 0.29) is 10.8 Å². The fourth-order valence-electron chi connectivity index (χ4n) is 12.6. The van der Waals surface area contributed by atoms with Crippen LogP contribution in [0, 0.1) is 41.2 Å². The number of hydrogen-bond donors (Lipinski definition) is 0. The Balaban J connectivity index is 0.000000119. The van der Waals surface area contributed by atoms with Crippen LogP contribution >= 0.6 is 23.2 Å². The Kier molecular flexibility index (Phi) is 11.5. The molecule has 4 bridgehead atoms. The van der Waals surface area contributed by atoms with Crippen molar-refractivity contribution in [1.82, 2.24) is 0 Å². The van der Waals surface area contributed by atoms with Gasteiger partial charge in [-0.25, -0.2) is 11.1 Å². The third-order valence-corrected chi connectivity index (χ3v) is 17.7. The van der Waals surface area contributed by atoms with Crippen LogP contribution in [-0.4, -0.2) is 7.42 Å². The molecule has 12 rings (SSSR count). The normalized spacial score (nSPS) is 26.1. The fraction of sp³-hybridized carbons (Fsp3) is 0.404. The molecular weight excluding hydrogens is 847 g/mol. The van der Waals surface area contributed by atoms with Crippen LogP contribution in [0.5, 0.6) is 0 Å². The zero-order valence-corrected chi connectivity index (χ0v) is 40.9. The maximum absolute atomic E-state index is 5.84. The van der Waals surface area contributed by atoms with Crippen molar-refractivity contribution in [1.29, 1.82) is 0 Å². The Bertz CT molecular complexity index is 2380. The van der Waals surface area contributed by atoms with Crippen molar-refractivity contribution in [3.63, 3.8) is 0 Å². The van der Waals surface area contributed by atoms with Gasteiger partial charge >= 0.3 is 123 Å². The molecule has 4 aromatic carbocycles. The summed E-state index contributed by atoms with van der Waals surface area (Å²) in [7, 11) is 0. The van der Waals surface area contributed by atoms with Crippen molar-refractivity contribution in [2.75, 3.05) is 0 Å². The van der Waals surface area contributed by atoms with Gasteiger partial charge in [-0.2, -0.15) is 17.2 Å². The first-order valence-corrected chi connectivity index (χ1v) is 26.0. The summed E-state index contributed by atoms with van der Waals surface area (Å²) < 4.78 is 4.66. The van der Waals surface area contributed by atoms with E-state index in [2.05, 4.69) is 136 Å². The number of halogens is 2. The van der Waals surface area contributed by atoms with Crippen LogP contribution < -0.4 is 0 Å². The van der Waals surface area contributed by atoms with Gasteiger partial charge < -0.3 is 0 Å². The van der Waals surface area contributed by atoms with Gasteiger partial charge in [0.1, 0.15) is 0 Å². The molecule has 0 N–H and O–H groups in total. The molecule has 4 saturated carbocycles. The van der Waals surface area contributed by atoms with Gasteiger partial charge in [0.2, 0.25) is 0 Å². The first kappa shape index (κ1) is 42.3. The fourth-order valence-corrected chi connectivity index (χ4v) is 15.0. The topological polar surface area (TPSA) is 0 Å². The monoisotopic (exact) mass is 904 g/mol. The summed E-state index contributed by atoms with van der Waals surface area (Å²) in [6.07, 6.45) is 23.9. The van der Waals surface area contributed by atoms with Gasteiger partial charge in [-0.05, 0) is 120 Å². The number of benzene rings is 4. The second-order valence-electron chi connectivity index (χ2n) is 20.6. The predicted octanol–water partition coefficient (Wildman–Crippen LogP) is 15.4. The summed E-state index contributed by atoms with van der Waals surface area (Å²) in [6, 6.07) is 25.7. The zero-order chi connectivity index (χ0) is 42.1. The molecule has 1 unspecified atom stereocenters. The molecule has 8 aliphatic carbocycles. The first-order chi connectivity index (χ1) is 28.5. The minimum absolute atomic E-state index is 0.0340. The molecule has 0 amide bonds. The molecule has 3 heteroatoms. The molecule has 308 valence electrons. The molecule has 8 aliphatic rings. The molecule has 1 atom stereocenters. The average Bonchev–Trinajstić information content (AvgIpc) is 3.84. The SMILES string of the molecule is CC1=[C-]C(C)(C)c2cc3c(cc21)-c1cc2c(cc1C3)C(C)(C)C=C2C.CC1=[C-]C(C)C=C1CC12CC3CC(CC(C3)C1)C2.Clc1ccc([CH]=[Zr]=[CH]c2ccc(Cl)cc2)cc1. The molecule has 0 aliphatic heterocycles. The second kappa shape index (κ2) is 16.3. The van der Waals surface area contributed by atoms with Gasteiger partial charge in [-0.3, -0.25) is 12.2 Å². The van der Waals surface area contributed by atoms with E-state index >= 15 is 0 Å². The summed E-state index contributed by atoms with van der Waals surface area (Å²) >= 11 is 11.0. The van der Waals surface area contributed by atoms with Crippen LogP contribution in [-0.2, 0) is 39.5 Å². The quantitative estimate of drug-likeness (QED) is 0.158. The minimum atomic E-state index is -0.623. The van der Waals surface area contributed by atoms with E-state index in [0.29, 0.717) is 11.3 Å². The van der Waals surface area contributed by atoms with Crippen LogP contribution in [0.3, 0.4) is 0 Å². The van der Waals surface area contributed by atoms with E-state index in [4.69, 9.17) is 23.2 Å². The van der Waals surface area contributed by atoms with E-state index in [1.165, 1.54) is 78.8 Å². The van der Waals surface area contributed by atoms with Gasteiger partial charge in [0, 0.05) is 5.41 Å². The Morgan fingerprint density at radius 3 is 1.70 bits per heavy atom. The van der Waals surface area contributed by atoms with Crippen LogP contribution in [0.1, 0.15) is 145 Å². The molecule has 0 saturated heterocycles. The molecule has 4 fully saturated rings. The first-order valence-electron chi connectivity index (χ1n) is 22.4. The van der Waals surface area contributed by atoms with Crippen LogP contribution in [0.4, 0.5) is 0 Å². The molecule has 0 heterocycles. The molecule has 60 heavy (non-hydrogen) atoms. The van der Waals surface area contributed by atoms with E-state index in [1.54, 1.807) is 44.1 Å². The molecule has 0 radical (unpaired) electrons. The van der Waals surface area contributed by atoms with Gasteiger partial charge in [0.05, 0.1) is 0 Å². The van der Waals surface area contributed by atoms with Gasteiger partial charge in [-0.1, -0.05) is 84.4 Å². The van der Waals surface area contributed by atoms with Crippen molar-refractivity contribution < 1.29 is 22.3 Å². The van der Waals surface area contributed by atoms with Gasteiger partial charge in [-0.15, -0.1) is 11.6 Å². The maximum atomic E-state index is 5.84. The third-order valence-electron chi connectivity index (χ3n) is 14.8. The van der Waals surface area contributed by atoms with Crippen molar-refractivity contribution in [3.8, 4) is 11.1 Å². The summed E-state index contributed by atoms with van der Waals surface area (Å²) in [5, 5.41) is 1.57.